The lowest BCUT2D eigenvalue weighted by Crippen LogP contribution is -2.37. The molecule has 0 saturated carbocycles. The largest absolute Gasteiger partial charge is 0.333 e. The van der Waals surface area contributed by atoms with Gasteiger partial charge in [0.25, 0.3) is 0 Å². The summed E-state index contributed by atoms with van der Waals surface area (Å²) in [6.07, 6.45) is 0. The van der Waals surface area contributed by atoms with E-state index in [-0.39, 0.29) is 17.8 Å². The zero-order chi connectivity index (χ0) is 19.6. The molecular weight excluding hydrogens is 341 g/mol. The molecule has 2 atom stereocenters. The van der Waals surface area contributed by atoms with Gasteiger partial charge in [0.2, 0.25) is 5.91 Å². The fourth-order valence-corrected chi connectivity index (χ4v) is 3.48. The smallest absolute Gasteiger partial charge is 0.247 e. The van der Waals surface area contributed by atoms with Crippen LogP contribution in [0, 0.1) is 19.7 Å². The summed E-state index contributed by atoms with van der Waals surface area (Å²) in [7, 11) is 1.78. The first-order valence-electron chi connectivity index (χ1n) is 8.98. The van der Waals surface area contributed by atoms with Crippen LogP contribution in [0.5, 0.6) is 0 Å². The van der Waals surface area contributed by atoms with Crippen LogP contribution in [-0.2, 0) is 4.79 Å². The number of hydrogen-bond acceptors (Lipinski definition) is 2. The predicted octanol–water partition coefficient (Wildman–Crippen LogP) is 4.45. The number of carbonyl (C=O) groups excluding carboxylic acids is 1. The summed E-state index contributed by atoms with van der Waals surface area (Å²) in [6.45, 7) is 5.71. The van der Waals surface area contributed by atoms with Gasteiger partial charge >= 0.3 is 0 Å². The Labute approximate surface area is 159 Å². The molecule has 0 spiro atoms. The quantitative estimate of drug-likeness (QED) is 0.670. The van der Waals surface area contributed by atoms with E-state index in [0.717, 1.165) is 22.5 Å². The van der Waals surface area contributed by atoms with E-state index in [2.05, 4.69) is 5.10 Å². The number of nitrogens with zero attached hydrogens (tertiary/aromatic N) is 3. The van der Waals surface area contributed by atoms with Crippen LogP contribution in [0.25, 0.3) is 0 Å². The lowest BCUT2D eigenvalue weighted by Gasteiger charge is -2.31. The molecule has 1 amide bonds. The Kier molecular flexibility index (Phi) is 5.40. The fraction of sp³-hybridized carbons (Fsp3) is 0.273. The van der Waals surface area contributed by atoms with Crippen molar-refractivity contribution in [2.45, 2.75) is 32.9 Å². The first-order chi connectivity index (χ1) is 12.9. The zero-order valence-electron chi connectivity index (χ0n) is 16.1. The summed E-state index contributed by atoms with van der Waals surface area (Å²) in [5.74, 6) is -0.352. The zero-order valence-corrected chi connectivity index (χ0v) is 16.1. The van der Waals surface area contributed by atoms with E-state index in [1.54, 1.807) is 28.8 Å². The van der Waals surface area contributed by atoms with Crippen molar-refractivity contribution in [3.05, 3.63) is 89.0 Å². The first kappa shape index (κ1) is 18.8. The number of amides is 1. The SMILES string of the molecule is Cc1cc(C)n(C(C)C(=O)N(C)C(c2ccccc2)c2ccc(F)cc2)n1. The van der Waals surface area contributed by atoms with Crippen LogP contribution in [0.15, 0.2) is 60.7 Å². The van der Waals surface area contributed by atoms with Crippen molar-refractivity contribution in [1.29, 1.82) is 0 Å². The molecule has 3 aromatic rings. The number of hydrogen-bond donors (Lipinski definition) is 0. The summed E-state index contributed by atoms with van der Waals surface area (Å²) < 4.78 is 15.2. The molecule has 1 aromatic heterocycles. The van der Waals surface area contributed by atoms with Gasteiger partial charge in [0.15, 0.2) is 0 Å². The molecule has 140 valence electrons. The van der Waals surface area contributed by atoms with Crippen LogP contribution in [0.4, 0.5) is 4.39 Å². The standard InChI is InChI=1S/C22H24FN3O/c1-15-14-16(2)26(24-15)17(3)22(27)25(4)21(18-8-6-5-7-9-18)19-10-12-20(23)13-11-19/h5-14,17,21H,1-4H3. The van der Waals surface area contributed by atoms with Gasteiger partial charge in [0, 0.05) is 12.7 Å². The highest BCUT2D eigenvalue weighted by Gasteiger charge is 2.28. The van der Waals surface area contributed by atoms with Crippen LogP contribution in [0.2, 0.25) is 0 Å². The topological polar surface area (TPSA) is 38.1 Å². The summed E-state index contributed by atoms with van der Waals surface area (Å²) in [5, 5.41) is 4.45. The summed E-state index contributed by atoms with van der Waals surface area (Å²) >= 11 is 0. The van der Waals surface area contributed by atoms with Gasteiger partial charge in [0.05, 0.1) is 11.7 Å². The molecule has 0 aliphatic heterocycles. The van der Waals surface area contributed by atoms with E-state index in [1.165, 1.54) is 12.1 Å². The van der Waals surface area contributed by atoms with Gasteiger partial charge in [-0.25, -0.2) is 4.39 Å². The number of likely N-dealkylation sites (N-methyl/N-ethyl adjacent to an activating group) is 1. The minimum Gasteiger partial charge on any atom is -0.333 e. The third kappa shape index (κ3) is 3.92. The van der Waals surface area contributed by atoms with Gasteiger partial charge in [-0.1, -0.05) is 42.5 Å². The van der Waals surface area contributed by atoms with Crippen molar-refractivity contribution in [2.24, 2.45) is 0 Å². The normalized spacial score (nSPS) is 13.2. The second kappa shape index (κ2) is 7.74. The molecule has 0 radical (unpaired) electrons. The number of benzene rings is 2. The monoisotopic (exact) mass is 365 g/mol. The van der Waals surface area contributed by atoms with E-state index < -0.39 is 6.04 Å². The Balaban J connectivity index is 1.97. The number of rotatable bonds is 5. The van der Waals surface area contributed by atoms with Crippen LogP contribution in [0.3, 0.4) is 0 Å². The van der Waals surface area contributed by atoms with Gasteiger partial charge < -0.3 is 4.90 Å². The molecule has 0 aliphatic rings. The molecule has 2 unspecified atom stereocenters. The van der Waals surface area contributed by atoms with Crippen molar-refractivity contribution in [2.75, 3.05) is 7.05 Å². The molecule has 5 heteroatoms. The van der Waals surface area contributed by atoms with Crippen LogP contribution in [0.1, 0.15) is 41.5 Å². The number of aryl methyl sites for hydroxylation is 2. The molecule has 3 rings (SSSR count). The minimum absolute atomic E-state index is 0.0561. The molecule has 27 heavy (non-hydrogen) atoms. The molecule has 1 heterocycles. The molecule has 0 aliphatic carbocycles. The highest BCUT2D eigenvalue weighted by molar-refractivity contribution is 5.80. The van der Waals surface area contributed by atoms with E-state index in [1.807, 2.05) is 57.2 Å². The second-order valence-electron chi connectivity index (χ2n) is 6.86. The molecule has 4 nitrogen and oxygen atoms in total. The van der Waals surface area contributed by atoms with Crippen molar-refractivity contribution in [1.82, 2.24) is 14.7 Å². The molecule has 0 bridgehead atoms. The maximum atomic E-state index is 13.4. The van der Waals surface area contributed by atoms with Gasteiger partial charge in [-0.3, -0.25) is 9.48 Å². The molecule has 0 N–H and O–H groups in total. The average Bonchev–Trinajstić information content (AvgIpc) is 3.01. The maximum absolute atomic E-state index is 13.4. The lowest BCUT2D eigenvalue weighted by molar-refractivity contribution is -0.134. The third-order valence-corrected chi connectivity index (χ3v) is 4.80. The Morgan fingerprint density at radius 2 is 1.63 bits per heavy atom. The van der Waals surface area contributed by atoms with Gasteiger partial charge in [-0.15, -0.1) is 0 Å². The van der Waals surface area contributed by atoms with E-state index in [4.69, 9.17) is 0 Å². The van der Waals surface area contributed by atoms with Crippen LogP contribution >= 0.6 is 0 Å². The van der Waals surface area contributed by atoms with Crippen molar-refractivity contribution < 1.29 is 9.18 Å². The van der Waals surface area contributed by atoms with E-state index in [0.29, 0.717) is 0 Å². The lowest BCUT2D eigenvalue weighted by atomic mass is 9.97. The molecule has 0 saturated heterocycles. The van der Waals surface area contributed by atoms with Crippen molar-refractivity contribution in [3.8, 4) is 0 Å². The number of halogens is 1. The minimum atomic E-state index is -0.435. The van der Waals surface area contributed by atoms with E-state index >= 15 is 0 Å². The Bertz CT molecular complexity index is 918. The summed E-state index contributed by atoms with van der Waals surface area (Å²) in [5.41, 5.74) is 3.66. The van der Waals surface area contributed by atoms with Crippen LogP contribution in [-0.4, -0.2) is 27.6 Å². The van der Waals surface area contributed by atoms with Crippen LogP contribution < -0.4 is 0 Å². The van der Waals surface area contributed by atoms with Gasteiger partial charge in [-0.2, -0.15) is 5.10 Å². The highest BCUT2D eigenvalue weighted by atomic mass is 19.1. The highest BCUT2D eigenvalue weighted by Crippen LogP contribution is 2.29. The predicted molar refractivity (Wildman–Crippen MR) is 104 cm³/mol. The molecule has 0 fully saturated rings. The number of aromatic nitrogens is 2. The van der Waals surface area contributed by atoms with Gasteiger partial charge in [0.1, 0.15) is 11.9 Å². The van der Waals surface area contributed by atoms with E-state index in [9.17, 15) is 9.18 Å². The summed E-state index contributed by atoms with van der Waals surface area (Å²) in [6, 6.07) is 17.3. The first-order valence-corrected chi connectivity index (χ1v) is 8.98. The maximum Gasteiger partial charge on any atom is 0.247 e. The Morgan fingerprint density at radius 3 is 2.19 bits per heavy atom. The average molecular weight is 365 g/mol. The van der Waals surface area contributed by atoms with Crippen molar-refractivity contribution >= 4 is 5.91 Å². The fourth-order valence-electron chi connectivity index (χ4n) is 3.48. The second-order valence-corrected chi connectivity index (χ2v) is 6.86. The third-order valence-electron chi connectivity index (χ3n) is 4.80. The summed E-state index contributed by atoms with van der Waals surface area (Å²) in [4.78, 5) is 15.0. The molecule has 2 aromatic carbocycles. The van der Waals surface area contributed by atoms with Crippen molar-refractivity contribution in [3.63, 3.8) is 0 Å². The Morgan fingerprint density at radius 1 is 1.04 bits per heavy atom. The Hall–Kier alpha value is -2.95. The van der Waals surface area contributed by atoms with Gasteiger partial charge in [-0.05, 0) is 50.1 Å². The molecular formula is C22H24FN3O. The number of carbonyl (C=O) groups is 1.